The molecule has 150 valence electrons. The normalized spacial score (nSPS) is 20.4. The van der Waals surface area contributed by atoms with Gasteiger partial charge in [0.1, 0.15) is 0 Å². The van der Waals surface area contributed by atoms with E-state index in [0.29, 0.717) is 12.1 Å². The Hall–Kier alpha value is -2.08. The van der Waals surface area contributed by atoms with E-state index in [1.807, 2.05) is 52.0 Å². The smallest absolute Gasteiger partial charge is 0.251 e. The standard InChI is InChI=1S/C21H34N4O2/c1-6-22-19(24-15-21(5)11-8-12-27-21)23-14-16-9-7-10-17(13-16)18(26)25-20(2,3)4/h7,9-10,13H,6,8,11-12,14-15H2,1-5H3,(H,25,26)(H2,22,23,24). The summed E-state index contributed by atoms with van der Waals surface area (Å²) in [5, 5.41) is 9.63. The second-order valence-corrected chi connectivity index (χ2v) is 8.36. The molecule has 1 saturated heterocycles. The topological polar surface area (TPSA) is 74.8 Å². The van der Waals surface area contributed by atoms with Crippen molar-refractivity contribution in [3.8, 4) is 0 Å². The third kappa shape index (κ3) is 7.21. The van der Waals surface area contributed by atoms with E-state index in [1.165, 1.54) is 0 Å². The first-order valence-electron chi connectivity index (χ1n) is 9.78. The van der Waals surface area contributed by atoms with Crippen molar-refractivity contribution >= 4 is 11.9 Å². The number of aliphatic imine (C=N–C) groups is 1. The number of hydrogen-bond acceptors (Lipinski definition) is 3. The van der Waals surface area contributed by atoms with E-state index in [4.69, 9.17) is 4.74 Å². The molecule has 6 heteroatoms. The Morgan fingerprint density at radius 3 is 2.70 bits per heavy atom. The molecule has 0 spiro atoms. The van der Waals surface area contributed by atoms with Gasteiger partial charge in [-0.15, -0.1) is 0 Å². The van der Waals surface area contributed by atoms with Gasteiger partial charge < -0.3 is 20.7 Å². The fraction of sp³-hybridized carbons (Fsp3) is 0.619. The van der Waals surface area contributed by atoms with Crippen LogP contribution in [-0.2, 0) is 11.3 Å². The summed E-state index contributed by atoms with van der Waals surface area (Å²) < 4.78 is 5.82. The number of nitrogens with one attached hydrogen (secondary N) is 3. The highest BCUT2D eigenvalue weighted by Gasteiger charge is 2.29. The van der Waals surface area contributed by atoms with Crippen molar-refractivity contribution in [3.05, 3.63) is 35.4 Å². The van der Waals surface area contributed by atoms with Crippen molar-refractivity contribution in [1.29, 1.82) is 0 Å². The largest absolute Gasteiger partial charge is 0.373 e. The minimum Gasteiger partial charge on any atom is -0.373 e. The van der Waals surface area contributed by atoms with Gasteiger partial charge >= 0.3 is 0 Å². The Labute approximate surface area is 163 Å². The molecule has 27 heavy (non-hydrogen) atoms. The molecule has 2 rings (SSSR count). The number of amides is 1. The highest BCUT2D eigenvalue weighted by Crippen LogP contribution is 2.23. The van der Waals surface area contributed by atoms with E-state index < -0.39 is 0 Å². The molecule has 1 aliphatic rings. The molecule has 1 aromatic carbocycles. The molecule has 0 aromatic heterocycles. The lowest BCUT2D eigenvalue weighted by Crippen LogP contribution is -2.45. The van der Waals surface area contributed by atoms with Gasteiger partial charge in [-0.05, 0) is 65.2 Å². The monoisotopic (exact) mass is 374 g/mol. The predicted molar refractivity (Wildman–Crippen MR) is 110 cm³/mol. The molecule has 0 aliphatic carbocycles. The average Bonchev–Trinajstić information content (AvgIpc) is 3.03. The Morgan fingerprint density at radius 2 is 2.07 bits per heavy atom. The van der Waals surface area contributed by atoms with Crippen LogP contribution in [0.15, 0.2) is 29.3 Å². The van der Waals surface area contributed by atoms with Crippen LogP contribution in [-0.4, -0.2) is 42.7 Å². The zero-order valence-corrected chi connectivity index (χ0v) is 17.3. The number of hydrogen-bond donors (Lipinski definition) is 3. The van der Waals surface area contributed by atoms with E-state index in [1.54, 1.807) is 0 Å². The van der Waals surface area contributed by atoms with E-state index in [0.717, 1.165) is 44.1 Å². The van der Waals surface area contributed by atoms with Crippen LogP contribution in [0.5, 0.6) is 0 Å². The summed E-state index contributed by atoms with van der Waals surface area (Å²) in [6.07, 6.45) is 2.17. The van der Waals surface area contributed by atoms with Crippen molar-refractivity contribution in [3.63, 3.8) is 0 Å². The van der Waals surface area contributed by atoms with Gasteiger partial charge in [-0.3, -0.25) is 4.79 Å². The van der Waals surface area contributed by atoms with Crippen LogP contribution < -0.4 is 16.0 Å². The molecule has 1 atom stereocenters. The molecule has 3 N–H and O–H groups in total. The van der Waals surface area contributed by atoms with Crippen LogP contribution in [0.3, 0.4) is 0 Å². The SMILES string of the molecule is CCNC(=NCc1cccc(C(=O)NC(C)(C)C)c1)NCC1(C)CCCO1. The van der Waals surface area contributed by atoms with Gasteiger partial charge in [0.05, 0.1) is 12.1 Å². The first kappa shape index (κ1) is 21.2. The fourth-order valence-corrected chi connectivity index (χ4v) is 2.98. The van der Waals surface area contributed by atoms with Gasteiger partial charge in [0.2, 0.25) is 0 Å². The lowest BCUT2D eigenvalue weighted by Gasteiger charge is -2.24. The first-order valence-corrected chi connectivity index (χ1v) is 9.78. The van der Waals surface area contributed by atoms with Crippen molar-refractivity contribution in [2.45, 2.75) is 65.1 Å². The molecular weight excluding hydrogens is 340 g/mol. The number of rotatable bonds is 6. The van der Waals surface area contributed by atoms with Gasteiger partial charge in [0, 0.05) is 30.8 Å². The Kier molecular flexibility index (Phi) is 7.25. The zero-order valence-electron chi connectivity index (χ0n) is 17.3. The highest BCUT2D eigenvalue weighted by atomic mass is 16.5. The van der Waals surface area contributed by atoms with Crippen LogP contribution >= 0.6 is 0 Å². The van der Waals surface area contributed by atoms with Gasteiger partial charge in [0.25, 0.3) is 5.91 Å². The van der Waals surface area contributed by atoms with E-state index in [2.05, 4.69) is 27.9 Å². The van der Waals surface area contributed by atoms with Crippen molar-refractivity contribution in [2.24, 2.45) is 4.99 Å². The maximum absolute atomic E-state index is 12.4. The molecule has 1 amide bonds. The number of benzene rings is 1. The number of ether oxygens (including phenoxy) is 1. The molecule has 0 saturated carbocycles. The van der Waals surface area contributed by atoms with Crippen LogP contribution in [0.2, 0.25) is 0 Å². The summed E-state index contributed by atoms with van der Waals surface area (Å²) in [6, 6.07) is 7.62. The van der Waals surface area contributed by atoms with Gasteiger partial charge in [-0.25, -0.2) is 4.99 Å². The summed E-state index contributed by atoms with van der Waals surface area (Å²) in [5.41, 5.74) is 1.27. The average molecular weight is 375 g/mol. The number of carbonyl (C=O) groups is 1. The van der Waals surface area contributed by atoms with Crippen molar-refractivity contribution in [2.75, 3.05) is 19.7 Å². The minimum absolute atomic E-state index is 0.0651. The molecule has 0 radical (unpaired) electrons. The molecule has 6 nitrogen and oxygen atoms in total. The molecule has 0 bridgehead atoms. The van der Waals surface area contributed by atoms with Crippen LogP contribution in [0, 0.1) is 0 Å². The van der Waals surface area contributed by atoms with E-state index in [-0.39, 0.29) is 17.0 Å². The molecule has 1 aromatic rings. The molecule has 1 aliphatic heterocycles. The third-order valence-electron chi connectivity index (χ3n) is 4.37. The van der Waals surface area contributed by atoms with Gasteiger partial charge in [0.15, 0.2) is 5.96 Å². The van der Waals surface area contributed by atoms with E-state index >= 15 is 0 Å². The Balaban J connectivity index is 2.00. The minimum atomic E-state index is -0.258. The number of nitrogens with zero attached hydrogens (tertiary/aromatic N) is 1. The molecule has 1 heterocycles. The second-order valence-electron chi connectivity index (χ2n) is 8.36. The Morgan fingerprint density at radius 1 is 1.30 bits per heavy atom. The molecule has 1 unspecified atom stereocenters. The quantitative estimate of drug-likeness (QED) is 0.529. The van der Waals surface area contributed by atoms with Crippen LogP contribution in [0.1, 0.15) is 63.4 Å². The fourth-order valence-electron chi connectivity index (χ4n) is 2.98. The number of guanidine groups is 1. The summed E-state index contributed by atoms with van der Waals surface area (Å²) >= 11 is 0. The third-order valence-corrected chi connectivity index (χ3v) is 4.37. The first-order chi connectivity index (χ1) is 12.7. The van der Waals surface area contributed by atoms with E-state index in [9.17, 15) is 4.79 Å². The Bertz CT molecular complexity index is 658. The van der Waals surface area contributed by atoms with Gasteiger partial charge in [-0.2, -0.15) is 0 Å². The van der Waals surface area contributed by atoms with Gasteiger partial charge in [-0.1, -0.05) is 12.1 Å². The predicted octanol–water partition coefficient (Wildman–Crippen LogP) is 2.84. The van der Waals surface area contributed by atoms with Crippen molar-refractivity contribution in [1.82, 2.24) is 16.0 Å². The highest BCUT2D eigenvalue weighted by molar-refractivity contribution is 5.94. The second kappa shape index (κ2) is 9.22. The van der Waals surface area contributed by atoms with Crippen LogP contribution in [0.4, 0.5) is 0 Å². The summed E-state index contributed by atoms with van der Waals surface area (Å²) in [6.45, 7) is 12.9. The lowest BCUT2D eigenvalue weighted by molar-refractivity contribution is 0.0242. The maximum Gasteiger partial charge on any atom is 0.251 e. The zero-order chi connectivity index (χ0) is 19.9. The number of carbonyl (C=O) groups excluding carboxylic acids is 1. The summed E-state index contributed by atoms with van der Waals surface area (Å²) in [7, 11) is 0. The lowest BCUT2D eigenvalue weighted by atomic mass is 10.0. The molecule has 1 fully saturated rings. The molecular formula is C21H34N4O2. The maximum atomic E-state index is 12.4. The van der Waals surface area contributed by atoms with Crippen LogP contribution in [0.25, 0.3) is 0 Å². The van der Waals surface area contributed by atoms with Crippen molar-refractivity contribution < 1.29 is 9.53 Å². The summed E-state index contributed by atoms with van der Waals surface area (Å²) in [4.78, 5) is 17.0. The summed E-state index contributed by atoms with van der Waals surface area (Å²) in [5.74, 6) is 0.698.